The van der Waals surface area contributed by atoms with Gasteiger partial charge in [0.05, 0.1) is 12.0 Å². The van der Waals surface area contributed by atoms with Gasteiger partial charge in [0.1, 0.15) is 0 Å². The van der Waals surface area contributed by atoms with Crippen LogP contribution in [0.1, 0.15) is 32.1 Å². The van der Waals surface area contributed by atoms with E-state index >= 15 is 0 Å². The molecule has 1 aromatic rings. The number of nitriles is 1. The topological polar surface area (TPSA) is 52.5 Å². The molecule has 80 valence electrons. The van der Waals surface area contributed by atoms with Crippen molar-refractivity contribution in [2.45, 2.75) is 42.5 Å². The highest BCUT2D eigenvalue weighted by atomic mass is 32.2. The molecule has 0 bridgehead atoms. The predicted molar refractivity (Wildman–Crippen MR) is 60.4 cm³/mol. The molecular formula is C11H15N3S. The van der Waals surface area contributed by atoms with Gasteiger partial charge in [0.2, 0.25) is 0 Å². The molecule has 0 amide bonds. The van der Waals surface area contributed by atoms with Crippen molar-refractivity contribution in [3.63, 3.8) is 0 Å². The van der Waals surface area contributed by atoms with Crippen molar-refractivity contribution in [3.05, 3.63) is 12.4 Å². The largest absolute Gasteiger partial charge is 0.340 e. The summed E-state index contributed by atoms with van der Waals surface area (Å²) in [5.41, 5.74) is 0. The quantitative estimate of drug-likeness (QED) is 0.781. The second-order valence-electron chi connectivity index (χ2n) is 3.92. The van der Waals surface area contributed by atoms with Crippen LogP contribution in [0.3, 0.4) is 0 Å². The van der Waals surface area contributed by atoms with Crippen molar-refractivity contribution < 1.29 is 0 Å². The lowest BCUT2D eigenvalue weighted by molar-refractivity contribution is 0.584. The lowest BCUT2D eigenvalue weighted by Gasteiger charge is -2.16. The van der Waals surface area contributed by atoms with Crippen molar-refractivity contribution in [1.29, 1.82) is 5.26 Å². The van der Waals surface area contributed by atoms with Crippen LogP contribution in [0.5, 0.6) is 0 Å². The minimum atomic E-state index is 0.197. The third kappa shape index (κ3) is 2.75. The van der Waals surface area contributed by atoms with Crippen LogP contribution >= 0.6 is 11.8 Å². The first-order valence-electron chi connectivity index (χ1n) is 5.46. The van der Waals surface area contributed by atoms with Gasteiger partial charge in [-0.1, -0.05) is 31.0 Å². The lowest BCUT2D eigenvalue weighted by atomic mass is 10.0. The highest BCUT2D eigenvalue weighted by molar-refractivity contribution is 7.99. The maximum atomic E-state index is 9.12. The van der Waals surface area contributed by atoms with E-state index in [2.05, 4.69) is 16.0 Å². The summed E-state index contributed by atoms with van der Waals surface area (Å²) in [6, 6.07) is 2.44. The number of nitrogens with zero attached hydrogens (tertiary/aromatic N) is 2. The van der Waals surface area contributed by atoms with Crippen LogP contribution in [-0.2, 0) is 0 Å². The van der Waals surface area contributed by atoms with E-state index in [1.807, 2.05) is 6.20 Å². The van der Waals surface area contributed by atoms with E-state index < -0.39 is 0 Å². The van der Waals surface area contributed by atoms with Crippen molar-refractivity contribution in [2.24, 2.45) is 5.92 Å². The van der Waals surface area contributed by atoms with Gasteiger partial charge in [-0.05, 0) is 12.8 Å². The average Bonchev–Trinajstić information content (AvgIpc) is 2.64. The monoisotopic (exact) mass is 221 g/mol. The highest BCUT2D eigenvalue weighted by Crippen LogP contribution is 2.34. The molecule has 0 spiro atoms. The molecule has 2 atom stereocenters. The molecule has 0 radical (unpaired) electrons. The summed E-state index contributed by atoms with van der Waals surface area (Å²) in [5, 5.41) is 10.5. The van der Waals surface area contributed by atoms with Crippen LogP contribution in [0.25, 0.3) is 0 Å². The second kappa shape index (κ2) is 5.22. The molecule has 1 aliphatic carbocycles. The number of aromatic nitrogens is 2. The van der Waals surface area contributed by atoms with Crippen molar-refractivity contribution in [2.75, 3.05) is 0 Å². The fourth-order valence-electron chi connectivity index (χ4n) is 2.02. The molecule has 2 rings (SSSR count). The Hall–Kier alpha value is -0.950. The van der Waals surface area contributed by atoms with Crippen LogP contribution in [0.4, 0.5) is 0 Å². The Morgan fingerprint density at radius 1 is 1.40 bits per heavy atom. The molecule has 0 aromatic carbocycles. The smallest absolute Gasteiger partial charge is 0.165 e. The third-order valence-corrected chi connectivity index (χ3v) is 4.17. The Bertz CT molecular complexity index is 328. The summed E-state index contributed by atoms with van der Waals surface area (Å²) in [6.45, 7) is 0. The van der Waals surface area contributed by atoms with Gasteiger partial charge < -0.3 is 4.98 Å². The van der Waals surface area contributed by atoms with Crippen LogP contribution in [0.2, 0.25) is 0 Å². The van der Waals surface area contributed by atoms with Gasteiger partial charge in [0, 0.05) is 17.6 Å². The molecule has 3 nitrogen and oxygen atoms in total. The second-order valence-corrected chi connectivity index (χ2v) is 5.15. The molecular weight excluding hydrogens is 206 g/mol. The maximum Gasteiger partial charge on any atom is 0.165 e. The first kappa shape index (κ1) is 10.6. The van der Waals surface area contributed by atoms with Crippen molar-refractivity contribution in [3.8, 4) is 6.07 Å². The summed E-state index contributed by atoms with van der Waals surface area (Å²) in [5.74, 6) is 0.197. The summed E-state index contributed by atoms with van der Waals surface area (Å²) < 4.78 is 0. The molecule has 15 heavy (non-hydrogen) atoms. The van der Waals surface area contributed by atoms with Gasteiger partial charge >= 0.3 is 0 Å². The minimum absolute atomic E-state index is 0.197. The van der Waals surface area contributed by atoms with E-state index in [1.54, 1.807) is 18.0 Å². The van der Waals surface area contributed by atoms with E-state index in [1.165, 1.54) is 19.3 Å². The lowest BCUT2D eigenvalue weighted by Crippen LogP contribution is -2.14. The van der Waals surface area contributed by atoms with Crippen LogP contribution in [0, 0.1) is 17.2 Å². The Balaban J connectivity index is 2.01. The highest BCUT2D eigenvalue weighted by Gasteiger charge is 2.24. The number of thioether (sulfide) groups is 1. The molecule has 0 saturated heterocycles. The molecule has 2 unspecified atom stereocenters. The molecule has 1 N–H and O–H groups in total. The first-order chi connectivity index (χ1) is 7.40. The van der Waals surface area contributed by atoms with E-state index in [0.29, 0.717) is 5.25 Å². The maximum absolute atomic E-state index is 9.12. The molecule has 1 aliphatic rings. The Labute approximate surface area is 94.3 Å². The Kier molecular flexibility index (Phi) is 3.68. The summed E-state index contributed by atoms with van der Waals surface area (Å²) >= 11 is 1.73. The first-order valence-corrected chi connectivity index (χ1v) is 6.34. The van der Waals surface area contributed by atoms with Crippen molar-refractivity contribution >= 4 is 11.8 Å². The normalized spacial score (nSPS) is 26.9. The molecule has 4 heteroatoms. The van der Waals surface area contributed by atoms with E-state index in [9.17, 15) is 0 Å². The fraction of sp³-hybridized carbons (Fsp3) is 0.636. The summed E-state index contributed by atoms with van der Waals surface area (Å²) in [6.07, 6.45) is 9.51. The number of imidazole rings is 1. The van der Waals surface area contributed by atoms with Crippen LogP contribution < -0.4 is 0 Å². The summed E-state index contributed by atoms with van der Waals surface area (Å²) in [4.78, 5) is 7.30. The zero-order valence-electron chi connectivity index (χ0n) is 8.65. The zero-order valence-corrected chi connectivity index (χ0v) is 9.46. The van der Waals surface area contributed by atoms with Crippen molar-refractivity contribution in [1.82, 2.24) is 9.97 Å². The molecule has 1 fully saturated rings. The number of hydrogen-bond donors (Lipinski definition) is 1. The number of rotatable bonds is 2. The van der Waals surface area contributed by atoms with Gasteiger partial charge in [0.25, 0.3) is 0 Å². The Morgan fingerprint density at radius 3 is 3.00 bits per heavy atom. The average molecular weight is 221 g/mol. The minimum Gasteiger partial charge on any atom is -0.340 e. The number of nitrogens with one attached hydrogen (secondary N) is 1. The van der Waals surface area contributed by atoms with Crippen LogP contribution in [-0.4, -0.2) is 15.2 Å². The number of hydrogen-bond acceptors (Lipinski definition) is 3. The van der Waals surface area contributed by atoms with Gasteiger partial charge in [-0.3, -0.25) is 0 Å². The Morgan fingerprint density at radius 2 is 2.27 bits per heavy atom. The SMILES string of the molecule is N#CC1CCCCCC1Sc1ncc[nH]1. The molecule has 1 saturated carbocycles. The summed E-state index contributed by atoms with van der Waals surface area (Å²) in [7, 11) is 0. The number of H-pyrrole nitrogens is 1. The molecule has 1 heterocycles. The van der Waals surface area contributed by atoms with Gasteiger partial charge in [-0.25, -0.2) is 4.98 Å². The fourth-order valence-corrected chi connectivity index (χ4v) is 3.21. The van der Waals surface area contributed by atoms with E-state index in [4.69, 9.17) is 5.26 Å². The van der Waals surface area contributed by atoms with Gasteiger partial charge in [-0.15, -0.1) is 0 Å². The van der Waals surface area contributed by atoms with Gasteiger partial charge in [0.15, 0.2) is 5.16 Å². The van der Waals surface area contributed by atoms with E-state index in [0.717, 1.165) is 18.0 Å². The zero-order chi connectivity index (χ0) is 10.5. The predicted octanol–water partition coefficient (Wildman–Crippen LogP) is 2.97. The van der Waals surface area contributed by atoms with Crippen LogP contribution in [0.15, 0.2) is 17.6 Å². The van der Waals surface area contributed by atoms with E-state index in [-0.39, 0.29) is 5.92 Å². The standard InChI is InChI=1S/C11H15N3S/c12-8-9-4-2-1-3-5-10(9)15-11-13-6-7-14-11/h6-7,9-10H,1-5H2,(H,13,14). The third-order valence-electron chi connectivity index (χ3n) is 2.85. The van der Waals surface area contributed by atoms with Gasteiger partial charge in [-0.2, -0.15) is 5.26 Å². The molecule has 0 aliphatic heterocycles. The molecule has 1 aromatic heterocycles. The number of aromatic amines is 1.